The number of carbonyl (C=O) groups is 2. The van der Waals surface area contributed by atoms with E-state index in [0.29, 0.717) is 17.1 Å². The highest BCUT2D eigenvalue weighted by Gasteiger charge is 2.45. The molecule has 0 spiro atoms. The lowest BCUT2D eigenvalue weighted by Gasteiger charge is -2.27. The van der Waals surface area contributed by atoms with Gasteiger partial charge in [-0.25, -0.2) is 0 Å². The minimum Gasteiger partial charge on any atom is -0.507 e. The number of amides is 1. The highest BCUT2D eigenvalue weighted by atomic mass is 35.5. The fourth-order valence-electron chi connectivity index (χ4n) is 4.83. The van der Waals surface area contributed by atoms with Gasteiger partial charge in [0.25, 0.3) is 11.7 Å². The third-order valence-electron chi connectivity index (χ3n) is 6.66. The summed E-state index contributed by atoms with van der Waals surface area (Å²) in [5, 5.41) is 11.9. The van der Waals surface area contributed by atoms with E-state index in [1.165, 1.54) is 0 Å². The second kappa shape index (κ2) is 10.2. The Labute approximate surface area is 205 Å². The van der Waals surface area contributed by atoms with E-state index in [4.69, 9.17) is 16.3 Å². The van der Waals surface area contributed by atoms with Crippen molar-refractivity contribution < 1.29 is 19.4 Å². The van der Waals surface area contributed by atoms with Crippen molar-refractivity contribution in [3.63, 3.8) is 0 Å². The van der Waals surface area contributed by atoms with Crippen LogP contribution in [-0.4, -0.2) is 58.9 Å². The van der Waals surface area contributed by atoms with E-state index in [1.807, 2.05) is 31.2 Å². The number of hydrogen-bond donors (Lipinski definition) is 1. The van der Waals surface area contributed by atoms with E-state index in [1.54, 1.807) is 23.1 Å². The van der Waals surface area contributed by atoms with Crippen LogP contribution in [0.5, 0.6) is 5.75 Å². The minimum atomic E-state index is -0.669. The SMILES string of the molecule is CCN(CC)CCCN1C(=O)C(=O)/C(=C(\O)c2ccc3c(c2)CC(C)O3)C1c1ccc(Cl)cc1. The van der Waals surface area contributed by atoms with Crippen molar-refractivity contribution in [3.05, 3.63) is 69.8 Å². The average Bonchev–Trinajstić information content (AvgIpc) is 3.32. The molecule has 2 unspecified atom stereocenters. The fraction of sp³-hybridized carbons (Fsp3) is 0.407. The second-order valence-electron chi connectivity index (χ2n) is 8.88. The lowest BCUT2D eigenvalue weighted by atomic mass is 9.94. The Bertz CT molecular complexity index is 1110. The maximum atomic E-state index is 13.2. The highest BCUT2D eigenvalue weighted by molar-refractivity contribution is 6.46. The molecule has 1 saturated heterocycles. The molecule has 0 bridgehead atoms. The van der Waals surface area contributed by atoms with E-state index in [9.17, 15) is 14.7 Å². The number of rotatable bonds is 8. The quantitative estimate of drug-likeness (QED) is 0.332. The predicted octanol–water partition coefficient (Wildman–Crippen LogP) is 4.82. The Morgan fingerprint density at radius 3 is 2.53 bits per heavy atom. The molecule has 7 heteroatoms. The molecule has 2 heterocycles. The maximum Gasteiger partial charge on any atom is 0.295 e. The zero-order valence-corrected chi connectivity index (χ0v) is 20.6. The van der Waals surface area contributed by atoms with Crippen molar-refractivity contribution >= 4 is 29.1 Å². The number of hydrogen-bond acceptors (Lipinski definition) is 5. The van der Waals surface area contributed by atoms with Crippen LogP contribution in [0.3, 0.4) is 0 Å². The van der Waals surface area contributed by atoms with Crippen LogP contribution < -0.4 is 4.74 Å². The lowest BCUT2D eigenvalue weighted by molar-refractivity contribution is -0.140. The number of Topliss-reactive ketones (excluding diaryl/α,β-unsaturated/α-hetero) is 1. The van der Waals surface area contributed by atoms with Gasteiger partial charge in [-0.15, -0.1) is 0 Å². The number of aliphatic hydroxyl groups is 1. The summed E-state index contributed by atoms with van der Waals surface area (Å²) in [6, 6.07) is 11.8. The van der Waals surface area contributed by atoms with Crippen molar-refractivity contribution in [2.75, 3.05) is 26.2 Å². The molecule has 1 amide bonds. The molecule has 2 aliphatic rings. The highest BCUT2D eigenvalue weighted by Crippen LogP contribution is 2.40. The number of aliphatic hydroxyl groups excluding tert-OH is 1. The van der Waals surface area contributed by atoms with Gasteiger partial charge in [-0.05, 0) is 74.4 Å². The van der Waals surface area contributed by atoms with E-state index in [0.717, 1.165) is 49.4 Å². The van der Waals surface area contributed by atoms with Crippen LogP contribution in [0.4, 0.5) is 0 Å². The zero-order valence-electron chi connectivity index (χ0n) is 19.9. The van der Waals surface area contributed by atoms with Gasteiger partial charge in [0, 0.05) is 23.6 Å². The molecule has 1 N–H and O–H groups in total. The van der Waals surface area contributed by atoms with Crippen molar-refractivity contribution in [2.45, 2.75) is 45.8 Å². The number of benzene rings is 2. The molecule has 4 rings (SSSR count). The van der Waals surface area contributed by atoms with Gasteiger partial charge in [0.2, 0.25) is 0 Å². The standard InChI is InChI=1S/C27H31ClN2O4/c1-4-29(5-2)13-6-14-30-24(18-7-10-21(28)11-8-18)23(26(32)27(30)33)25(31)19-9-12-22-20(16-19)15-17(3)34-22/h7-12,16-17,24,31H,4-6,13-15H2,1-3H3/b25-23-. The molecule has 180 valence electrons. The molecule has 0 aliphatic carbocycles. The monoisotopic (exact) mass is 482 g/mol. The van der Waals surface area contributed by atoms with Crippen LogP contribution in [-0.2, 0) is 16.0 Å². The summed E-state index contributed by atoms with van der Waals surface area (Å²) in [5.41, 5.74) is 2.35. The molecule has 2 aromatic carbocycles. The third-order valence-corrected chi connectivity index (χ3v) is 6.91. The van der Waals surface area contributed by atoms with E-state index in [2.05, 4.69) is 18.7 Å². The van der Waals surface area contributed by atoms with Gasteiger partial charge in [0.05, 0.1) is 11.6 Å². The molecular weight excluding hydrogens is 452 g/mol. The van der Waals surface area contributed by atoms with Gasteiger partial charge < -0.3 is 19.6 Å². The van der Waals surface area contributed by atoms with Gasteiger partial charge in [-0.2, -0.15) is 0 Å². The average molecular weight is 483 g/mol. The van der Waals surface area contributed by atoms with Crippen molar-refractivity contribution in [2.24, 2.45) is 0 Å². The number of ether oxygens (including phenoxy) is 1. The van der Waals surface area contributed by atoms with Crippen LogP contribution in [0.15, 0.2) is 48.0 Å². The molecule has 0 radical (unpaired) electrons. The molecule has 2 atom stereocenters. The van der Waals surface area contributed by atoms with Gasteiger partial charge in [0.1, 0.15) is 17.6 Å². The molecule has 2 aliphatic heterocycles. The van der Waals surface area contributed by atoms with Gasteiger partial charge in [0.15, 0.2) is 0 Å². The Kier molecular flexibility index (Phi) is 7.29. The summed E-state index contributed by atoms with van der Waals surface area (Å²) in [6.07, 6.45) is 1.53. The Morgan fingerprint density at radius 1 is 1.15 bits per heavy atom. The molecule has 34 heavy (non-hydrogen) atoms. The van der Waals surface area contributed by atoms with Gasteiger partial charge in [-0.1, -0.05) is 37.6 Å². The molecular formula is C27H31ClN2O4. The first-order valence-electron chi connectivity index (χ1n) is 11.9. The summed E-state index contributed by atoms with van der Waals surface area (Å²) in [7, 11) is 0. The van der Waals surface area contributed by atoms with Crippen LogP contribution in [0, 0.1) is 0 Å². The van der Waals surface area contributed by atoms with Crippen LogP contribution >= 0.6 is 11.6 Å². The number of nitrogens with zero attached hydrogens (tertiary/aromatic N) is 2. The molecule has 6 nitrogen and oxygen atoms in total. The van der Waals surface area contributed by atoms with E-state index < -0.39 is 17.7 Å². The lowest BCUT2D eigenvalue weighted by Crippen LogP contribution is -2.33. The normalized spacial score (nSPS) is 21.3. The summed E-state index contributed by atoms with van der Waals surface area (Å²) >= 11 is 6.10. The number of fused-ring (bicyclic) bond motifs is 1. The van der Waals surface area contributed by atoms with Gasteiger partial charge in [-0.3, -0.25) is 9.59 Å². The third kappa shape index (κ3) is 4.70. The maximum absolute atomic E-state index is 13.2. The Morgan fingerprint density at radius 2 is 1.85 bits per heavy atom. The van der Waals surface area contributed by atoms with Crippen LogP contribution in [0.2, 0.25) is 5.02 Å². The number of halogens is 1. The van der Waals surface area contributed by atoms with Crippen molar-refractivity contribution in [1.82, 2.24) is 9.80 Å². The first-order chi connectivity index (χ1) is 16.3. The van der Waals surface area contributed by atoms with Gasteiger partial charge >= 0.3 is 0 Å². The van der Waals surface area contributed by atoms with Crippen LogP contribution in [0.25, 0.3) is 5.76 Å². The Balaban J connectivity index is 1.72. The van der Waals surface area contributed by atoms with E-state index >= 15 is 0 Å². The topological polar surface area (TPSA) is 70.1 Å². The molecule has 0 aromatic heterocycles. The molecule has 1 fully saturated rings. The predicted molar refractivity (Wildman–Crippen MR) is 133 cm³/mol. The fourth-order valence-corrected chi connectivity index (χ4v) is 4.96. The van der Waals surface area contributed by atoms with Crippen molar-refractivity contribution in [3.8, 4) is 5.75 Å². The molecule has 0 saturated carbocycles. The largest absolute Gasteiger partial charge is 0.507 e. The zero-order chi connectivity index (χ0) is 24.4. The Hall–Kier alpha value is -2.83. The smallest absolute Gasteiger partial charge is 0.295 e. The van der Waals surface area contributed by atoms with Crippen LogP contribution in [0.1, 0.15) is 49.9 Å². The minimum absolute atomic E-state index is 0.0675. The first-order valence-corrected chi connectivity index (χ1v) is 12.3. The number of ketones is 1. The number of carbonyl (C=O) groups excluding carboxylic acids is 2. The van der Waals surface area contributed by atoms with Crippen molar-refractivity contribution in [1.29, 1.82) is 0 Å². The second-order valence-corrected chi connectivity index (χ2v) is 9.32. The van der Waals surface area contributed by atoms with E-state index in [-0.39, 0.29) is 17.4 Å². The first kappa shape index (κ1) is 24.3. The summed E-state index contributed by atoms with van der Waals surface area (Å²) in [5.74, 6) is -0.619. The molecule has 2 aromatic rings. The summed E-state index contributed by atoms with van der Waals surface area (Å²) in [6.45, 7) is 9.29. The summed E-state index contributed by atoms with van der Waals surface area (Å²) in [4.78, 5) is 30.2. The number of likely N-dealkylation sites (tertiary alicyclic amines) is 1. The summed E-state index contributed by atoms with van der Waals surface area (Å²) < 4.78 is 5.76.